The average Bonchev–Trinajstić information content (AvgIpc) is 2.68. The Morgan fingerprint density at radius 2 is 1.75 bits per heavy atom. The summed E-state index contributed by atoms with van der Waals surface area (Å²) in [5.74, 6) is -1.13. The maximum absolute atomic E-state index is 12.6. The highest BCUT2D eigenvalue weighted by atomic mass is 79.9. The summed E-state index contributed by atoms with van der Waals surface area (Å²) in [5, 5.41) is 9.00. The van der Waals surface area contributed by atoms with Crippen LogP contribution in [-0.4, -0.2) is 36.9 Å². The molecule has 0 saturated carbocycles. The van der Waals surface area contributed by atoms with Crippen molar-refractivity contribution in [2.45, 2.75) is 30.6 Å². The summed E-state index contributed by atoms with van der Waals surface area (Å²) in [6.45, 7) is 0.984. The van der Waals surface area contributed by atoms with Crippen molar-refractivity contribution >= 4 is 31.9 Å². The van der Waals surface area contributed by atoms with Gasteiger partial charge in [0.05, 0.1) is 10.5 Å². The van der Waals surface area contributed by atoms with Crippen LogP contribution >= 0.6 is 15.9 Å². The summed E-state index contributed by atoms with van der Waals surface area (Å²) in [7, 11) is -3.65. The highest BCUT2D eigenvalue weighted by Gasteiger charge is 2.27. The number of rotatable bonds is 3. The zero-order valence-corrected chi connectivity index (χ0v) is 13.3. The number of carbonyl (C=O) groups is 1. The topological polar surface area (TPSA) is 74.7 Å². The number of carboxylic acids is 1. The number of hydrogen-bond acceptors (Lipinski definition) is 3. The van der Waals surface area contributed by atoms with E-state index in [1.807, 2.05) is 0 Å². The van der Waals surface area contributed by atoms with E-state index >= 15 is 0 Å². The van der Waals surface area contributed by atoms with Crippen LogP contribution in [0.15, 0.2) is 27.6 Å². The van der Waals surface area contributed by atoms with E-state index in [1.165, 1.54) is 22.5 Å². The van der Waals surface area contributed by atoms with E-state index in [0.717, 1.165) is 25.7 Å². The van der Waals surface area contributed by atoms with Gasteiger partial charge in [0.25, 0.3) is 0 Å². The minimum absolute atomic E-state index is 0.0263. The molecule has 1 fully saturated rings. The quantitative estimate of drug-likeness (QED) is 0.897. The van der Waals surface area contributed by atoms with Gasteiger partial charge in [-0.05, 0) is 47.0 Å². The van der Waals surface area contributed by atoms with Crippen molar-refractivity contribution in [2.24, 2.45) is 0 Å². The molecule has 1 aliphatic heterocycles. The molecule has 1 aromatic rings. The fourth-order valence-corrected chi connectivity index (χ4v) is 4.72. The second-order valence-electron chi connectivity index (χ2n) is 4.77. The minimum Gasteiger partial charge on any atom is -0.478 e. The molecular formula is C13H16BrNO4S. The van der Waals surface area contributed by atoms with Crippen molar-refractivity contribution in [1.29, 1.82) is 0 Å². The second kappa shape index (κ2) is 6.24. The molecule has 1 aromatic carbocycles. The molecule has 110 valence electrons. The van der Waals surface area contributed by atoms with Gasteiger partial charge in [0.15, 0.2) is 0 Å². The van der Waals surface area contributed by atoms with E-state index in [2.05, 4.69) is 15.9 Å². The van der Waals surface area contributed by atoms with Crippen molar-refractivity contribution in [1.82, 2.24) is 4.31 Å². The van der Waals surface area contributed by atoms with Crippen LogP contribution in [0.25, 0.3) is 0 Å². The monoisotopic (exact) mass is 361 g/mol. The van der Waals surface area contributed by atoms with Crippen molar-refractivity contribution < 1.29 is 18.3 Å². The predicted molar refractivity (Wildman–Crippen MR) is 78.3 cm³/mol. The number of carboxylic acid groups (broad SMARTS) is 1. The van der Waals surface area contributed by atoms with Crippen LogP contribution in [0.2, 0.25) is 0 Å². The Morgan fingerprint density at radius 1 is 1.15 bits per heavy atom. The smallest absolute Gasteiger partial charge is 0.335 e. The van der Waals surface area contributed by atoms with Crippen LogP contribution in [0, 0.1) is 0 Å². The lowest BCUT2D eigenvalue weighted by Crippen LogP contribution is -2.32. The van der Waals surface area contributed by atoms with Gasteiger partial charge >= 0.3 is 5.97 Å². The average molecular weight is 362 g/mol. The van der Waals surface area contributed by atoms with Crippen LogP contribution in [0.4, 0.5) is 0 Å². The fraction of sp³-hybridized carbons (Fsp3) is 0.462. The molecule has 1 saturated heterocycles. The van der Waals surface area contributed by atoms with Crippen molar-refractivity contribution in [3.05, 3.63) is 28.2 Å². The van der Waals surface area contributed by atoms with E-state index in [0.29, 0.717) is 17.6 Å². The van der Waals surface area contributed by atoms with E-state index in [9.17, 15) is 13.2 Å². The summed E-state index contributed by atoms with van der Waals surface area (Å²) in [6, 6.07) is 4.06. The molecule has 0 aromatic heterocycles. The molecule has 0 unspecified atom stereocenters. The lowest BCUT2D eigenvalue weighted by atomic mass is 10.2. The molecule has 1 heterocycles. The first kappa shape index (κ1) is 15.5. The van der Waals surface area contributed by atoms with Gasteiger partial charge in [0, 0.05) is 17.6 Å². The van der Waals surface area contributed by atoms with Crippen LogP contribution in [0.3, 0.4) is 0 Å². The van der Waals surface area contributed by atoms with E-state index in [1.54, 1.807) is 0 Å². The highest BCUT2D eigenvalue weighted by Crippen LogP contribution is 2.28. The normalized spacial score (nSPS) is 17.6. The van der Waals surface area contributed by atoms with E-state index in [4.69, 9.17) is 5.11 Å². The van der Waals surface area contributed by atoms with Gasteiger partial charge in [-0.25, -0.2) is 13.2 Å². The van der Waals surface area contributed by atoms with Crippen molar-refractivity contribution in [2.75, 3.05) is 13.1 Å². The fourth-order valence-electron chi connectivity index (χ4n) is 2.26. The number of halogens is 1. The third-order valence-electron chi connectivity index (χ3n) is 3.36. The minimum atomic E-state index is -3.65. The molecule has 2 rings (SSSR count). The molecule has 0 atom stereocenters. The van der Waals surface area contributed by atoms with Crippen LogP contribution < -0.4 is 0 Å². The van der Waals surface area contributed by atoms with E-state index < -0.39 is 16.0 Å². The number of aromatic carboxylic acids is 1. The Kier molecular flexibility index (Phi) is 4.82. The number of nitrogens with zero attached hydrogens (tertiary/aromatic N) is 1. The molecule has 1 N–H and O–H groups in total. The lowest BCUT2D eigenvalue weighted by molar-refractivity contribution is 0.0696. The van der Waals surface area contributed by atoms with Gasteiger partial charge in [-0.3, -0.25) is 0 Å². The third-order valence-corrected chi connectivity index (χ3v) is 6.25. The van der Waals surface area contributed by atoms with Crippen molar-refractivity contribution in [3.63, 3.8) is 0 Å². The molecule has 0 spiro atoms. The van der Waals surface area contributed by atoms with Gasteiger partial charge in [-0.15, -0.1) is 0 Å². The van der Waals surface area contributed by atoms with Gasteiger partial charge in [0.1, 0.15) is 0 Å². The Hall–Kier alpha value is -0.920. The zero-order chi connectivity index (χ0) is 14.8. The second-order valence-corrected chi connectivity index (χ2v) is 7.53. The van der Waals surface area contributed by atoms with Crippen LogP contribution in [-0.2, 0) is 10.0 Å². The summed E-state index contributed by atoms with van der Waals surface area (Å²) in [6.07, 6.45) is 3.75. The van der Waals surface area contributed by atoms with Gasteiger partial charge in [-0.2, -0.15) is 4.31 Å². The first-order valence-electron chi connectivity index (χ1n) is 6.46. The van der Waals surface area contributed by atoms with Crippen molar-refractivity contribution in [3.8, 4) is 0 Å². The maximum atomic E-state index is 12.6. The Labute approximate surface area is 126 Å². The Morgan fingerprint density at radius 3 is 2.30 bits per heavy atom. The van der Waals surface area contributed by atoms with Gasteiger partial charge in [-0.1, -0.05) is 12.8 Å². The van der Waals surface area contributed by atoms with E-state index in [-0.39, 0.29) is 10.5 Å². The van der Waals surface area contributed by atoms with Gasteiger partial charge in [0.2, 0.25) is 10.0 Å². The molecule has 0 amide bonds. The predicted octanol–water partition coefficient (Wildman–Crippen LogP) is 2.71. The number of benzene rings is 1. The molecule has 0 aliphatic carbocycles. The lowest BCUT2D eigenvalue weighted by Gasteiger charge is -2.20. The highest BCUT2D eigenvalue weighted by molar-refractivity contribution is 9.10. The SMILES string of the molecule is O=C(O)c1ccc(Br)c(S(=O)(=O)N2CCCCCC2)c1. The Balaban J connectivity index is 2.42. The molecule has 7 heteroatoms. The first-order valence-corrected chi connectivity index (χ1v) is 8.69. The zero-order valence-electron chi connectivity index (χ0n) is 10.9. The number of hydrogen-bond donors (Lipinski definition) is 1. The number of sulfonamides is 1. The first-order chi connectivity index (χ1) is 9.43. The summed E-state index contributed by atoms with van der Waals surface area (Å²) >= 11 is 3.20. The summed E-state index contributed by atoms with van der Waals surface area (Å²) < 4.78 is 27.1. The molecule has 20 heavy (non-hydrogen) atoms. The summed E-state index contributed by atoms with van der Waals surface area (Å²) in [5.41, 5.74) is -0.0263. The third kappa shape index (κ3) is 3.21. The molecular weight excluding hydrogens is 346 g/mol. The molecule has 0 radical (unpaired) electrons. The van der Waals surface area contributed by atoms with Crippen LogP contribution in [0.1, 0.15) is 36.0 Å². The largest absolute Gasteiger partial charge is 0.478 e. The standard InChI is InChI=1S/C13H16BrNO4S/c14-11-6-5-10(13(16)17)9-12(11)20(18,19)15-7-3-1-2-4-8-15/h5-6,9H,1-4,7-8H2,(H,16,17). The molecule has 1 aliphatic rings. The molecule has 5 nitrogen and oxygen atoms in total. The molecule has 0 bridgehead atoms. The van der Waals surface area contributed by atoms with Gasteiger partial charge < -0.3 is 5.11 Å². The Bertz CT molecular complexity index is 607. The summed E-state index contributed by atoms with van der Waals surface area (Å²) in [4.78, 5) is 11.0. The maximum Gasteiger partial charge on any atom is 0.335 e. The van der Waals surface area contributed by atoms with Crippen LogP contribution in [0.5, 0.6) is 0 Å².